The van der Waals surface area contributed by atoms with E-state index in [9.17, 15) is 4.79 Å². The summed E-state index contributed by atoms with van der Waals surface area (Å²) in [6.45, 7) is 9.11. The van der Waals surface area contributed by atoms with Crippen molar-refractivity contribution in [3.8, 4) is 0 Å². The molecule has 5 nitrogen and oxygen atoms in total. The molecule has 2 N–H and O–H groups in total. The van der Waals surface area contributed by atoms with Gasteiger partial charge in [0.1, 0.15) is 0 Å². The quantitative estimate of drug-likeness (QED) is 0.546. The van der Waals surface area contributed by atoms with E-state index >= 15 is 0 Å². The van der Waals surface area contributed by atoms with Gasteiger partial charge in [0.15, 0.2) is 5.11 Å². The fourth-order valence-electron chi connectivity index (χ4n) is 3.68. The molecule has 6 heteroatoms. The molecule has 1 aliphatic rings. The van der Waals surface area contributed by atoms with Gasteiger partial charge >= 0.3 is 0 Å². The minimum atomic E-state index is -0.0464. The first kappa shape index (κ1) is 20.8. The average Bonchev–Trinajstić information content (AvgIpc) is 3.18. The highest BCUT2D eigenvalue weighted by Gasteiger charge is 2.22. The minimum Gasteiger partial charge on any atom is -0.376 e. The lowest BCUT2D eigenvalue weighted by molar-refractivity contribution is 0.0897. The molecule has 2 aromatic rings. The Morgan fingerprint density at radius 3 is 2.86 bits per heavy atom. The number of H-pyrrole nitrogens is 1. The highest BCUT2D eigenvalue weighted by atomic mass is 32.1. The first-order valence-electron chi connectivity index (χ1n) is 10.3. The summed E-state index contributed by atoms with van der Waals surface area (Å²) in [7, 11) is 0. The van der Waals surface area contributed by atoms with E-state index in [1.165, 1.54) is 0 Å². The predicted octanol–water partition coefficient (Wildman–Crippen LogP) is 3.80. The van der Waals surface area contributed by atoms with Gasteiger partial charge in [0.25, 0.3) is 5.56 Å². The number of unbranched alkanes of at least 4 members (excludes halogenated alkanes) is 1. The zero-order valence-corrected chi connectivity index (χ0v) is 18.0. The molecule has 0 saturated carbocycles. The standard InChI is InChI=1S/C22H31N3O2S/c1-4-5-10-23-22(28)25(14-18-7-6-11-27-18)13-17-12-19-15(2)8-9-16(3)20(19)24-21(17)26/h8-9,12,18H,4-7,10-11,13-14H2,1-3H3,(H,23,28)(H,24,26)/t18-/m0/s1. The summed E-state index contributed by atoms with van der Waals surface area (Å²) >= 11 is 5.66. The third-order valence-corrected chi connectivity index (χ3v) is 5.83. The predicted molar refractivity (Wildman–Crippen MR) is 119 cm³/mol. The molecule has 0 amide bonds. The molecule has 0 spiro atoms. The molecular formula is C22H31N3O2S. The third-order valence-electron chi connectivity index (χ3n) is 5.42. The van der Waals surface area contributed by atoms with Crippen LogP contribution in [0.15, 0.2) is 23.0 Å². The summed E-state index contributed by atoms with van der Waals surface area (Å²) in [4.78, 5) is 17.9. The zero-order chi connectivity index (χ0) is 20.1. The number of hydrogen-bond acceptors (Lipinski definition) is 3. The average molecular weight is 402 g/mol. The van der Waals surface area contributed by atoms with Crippen molar-refractivity contribution in [3.05, 3.63) is 45.2 Å². The first-order valence-corrected chi connectivity index (χ1v) is 10.7. The van der Waals surface area contributed by atoms with Gasteiger partial charge in [-0.05, 0) is 62.5 Å². The summed E-state index contributed by atoms with van der Waals surface area (Å²) in [5.74, 6) is 0. The maximum Gasteiger partial charge on any atom is 0.253 e. The fourth-order valence-corrected chi connectivity index (χ4v) is 3.92. The van der Waals surface area contributed by atoms with Crippen molar-refractivity contribution in [2.24, 2.45) is 0 Å². The number of fused-ring (bicyclic) bond motifs is 1. The van der Waals surface area contributed by atoms with E-state index < -0.39 is 0 Å². The molecule has 1 aliphatic heterocycles. The SMILES string of the molecule is CCCCNC(=S)N(Cc1cc2c(C)ccc(C)c2[nH]c1=O)C[C@@H]1CCCO1. The van der Waals surface area contributed by atoms with Gasteiger partial charge in [-0.25, -0.2) is 0 Å². The van der Waals surface area contributed by atoms with Gasteiger partial charge < -0.3 is 19.9 Å². The maximum atomic E-state index is 12.8. The molecule has 1 saturated heterocycles. The molecule has 1 atom stereocenters. The van der Waals surface area contributed by atoms with Crippen LogP contribution in [0.25, 0.3) is 10.9 Å². The minimum absolute atomic E-state index is 0.0464. The monoisotopic (exact) mass is 401 g/mol. The molecule has 2 heterocycles. The molecule has 3 rings (SSSR count). The van der Waals surface area contributed by atoms with Crippen molar-refractivity contribution in [1.29, 1.82) is 0 Å². The molecule has 1 fully saturated rings. The van der Waals surface area contributed by atoms with Crippen LogP contribution in [0.4, 0.5) is 0 Å². The number of rotatable bonds is 7. The summed E-state index contributed by atoms with van der Waals surface area (Å²) in [6, 6.07) is 6.16. The number of pyridine rings is 1. The Morgan fingerprint density at radius 1 is 1.36 bits per heavy atom. The van der Waals surface area contributed by atoms with Crippen molar-refractivity contribution < 1.29 is 4.74 Å². The number of thiocarbonyl (C=S) groups is 1. The number of benzene rings is 1. The molecular weight excluding hydrogens is 370 g/mol. The Balaban J connectivity index is 1.86. The van der Waals surface area contributed by atoms with Crippen molar-refractivity contribution >= 4 is 28.2 Å². The Labute approximate surface area is 172 Å². The van der Waals surface area contributed by atoms with Gasteiger partial charge in [0, 0.05) is 30.6 Å². The molecule has 28 heavy (non-hydrogen) atoms. The fraction of sp³-hybridized carbons (Fsp3) is 0.545. The van der Waals surface area contributed by atoms with E-state index in [0.717, 1.165) is 66.4 Å². The molecule has 0 radical (unpaired) electrons. The lowest BCUT2D eigenvalue weighted by Crippen LogP contribution is -2.44. The first-order chi connectivity index (χ1) is 13.5. The normalized spacial score (nSPS) is 16.5. The van der Waals surface area contributed by atoms with E-state index in [2.05, 4.69) is 35.1 Å². The van der Waals surface area contributed by atoms with Crippen LogP contribution in [-0.2, 0) is 11.3 Å². The van der Waals surface area contributed by atoms with Crippen molar-refractivity contribution in [1.82, 2.24) is 15.2 Å². The van der Waals surface area contributed by atoms with Gasteiger partial charge in [-0.2, -0.15) is 0 Å². The largest absolute Gasteiger partial charge is 0.376 e. The molecule has 0 unspecified atom stereocenters. The Kier molecular flexibility index (Phi) is 7.08. The number of aryl methyl sites for hydroxylation is 2. The number of aromatic amines is 1. The summed E-state index contributed by atoms with van der Waals surface area (Å²) in [5, 5.41) is 5.14. The molecule has 1 aromatic carbocycles. The van der Waals surface area contributed by atoms with Crippen molar-refractivity contribution in [2.45, 2.75) is 59.1 Å². The van der Waals surface area contributed by atoms with Crippen LogP contribution in [0.1, 0.15) is 49.3 Å². The lowest BCUT2D eigenvalue weighted by atomic mass is 10.0. The highest BCUT2D eigenvalue weighted by molar-refractivity contribution is 7.80. The Morgan fingerprint density at radius 2 is 2.14 bits per heavy atom. The maximum absolute atomic E-state index is 12.8. The highest BCUT2D eigenvalue weighted by Crippen LogP contribution is 2.21. The summed E-state index contributed by atoms with van der Waals surface area (Å²) in [5.41, 5.74) is 3.85. The van der Waals surface area contributed by atoms with Gasteiger partial charge in [0.05, 0.1) is 18.2 Å². The van der Waals surface area contributed by atoms with Crippen LogP contribution < -0.4 is 10.9 Å². The van der Waals surface area contributed by atoms with Gasteiger partial charge in [-0.15, -0.1) is 0 Å². The van der Waals surface area contributed by atoms with Gasteiger partial charge in [-0.3, -0.25) is 4.79 Å². The van der Waals surface area contributed by atoms with E-state index in [-0.39, 0.29) is 11.7 Å². The topological polar surface area (TPSA) is 57.4 Å². The van der Waals surface area contributed by atoms with E-state index in [4.69, 9.17) is 17.0 Å². The van der Waals surface area contributed by atoms with E-state index in [1.807, 2.05) is 19.1 Å². The molecule has 0 aliphatic carbocycles. The Hall–Kier alpha value is -1.92. The lowest BCUT2D eigenvalue weighted by Gasteiger charge is -2.28. The second kappa shape index (κ2) is 9.52. The van der Waals surface area contributed by atoms with Crippen LogP contribution in [0.5, 0.6) is 0 Å². The number of hydrogen-bond donors (Lipinski definition) is 2. The smallest absolute Gasteiger partial charge is 0.253 e. The van der Waals surface area contributed by atoms with Crippen molar-refractivity contribution in [2.75, 3.05) is 19.7 Å². The molecule has 152 valence electrons. The van der Waals surface area contributed by atoms with Crippen LogP contribution >= 0.6 is 12.2 Å². The second-order valence-corrected chi connectivity index (χ2v) is 8.10. The Bertz CT molecular complexity index is 887. The van der Waals surface area contributed by atoms with Crippen LogP contribution in [-0.4, -0.2) is 40.8 Å². The van der Waals surface area contributed by atoms with Crippen molar-refractivity contribution in [3.63, 3.8) is 0 Å². The van der Waals surface area contributed by atoms with E-state index in [1.54, 1.807) is 0 Å². The van der Waals surface area contributed by atoms with E-state index in [0.29, 0.717) is 18.2 Å². The summed E-state index contributed by atoms with van der Waals surface area (Å²) < 4.78 is 5.82. The number of nitrogens with zero attached hydrogens (tertiary/aromatic N) is 1. The van der Waals surface area contributed by atoms with Crippen LogP contribution in [0, 0.1) is 13.8 Å². The molecule has 0 bridgehead atoms. The van der Waals surface area contributed by atoms with Gasteiger partial charge in [0.2, 0.25) is 0 Å². The number of aromatic nitrogens is 1. The zero-order valence-electron chi connectivity index (χ0n) is 17.1. The number of ether oxygens (including phenoxy) is 1. The summed E-state index contributed by atoms with van der Waals surface area (Å²) in [6.07, 6.45) is 4.49. The number of nitrogens with one attached hydrogen (secondary N) is 2. The van der Waals surface area contributed by atoms with Crippen LogP contribution in [0.2, 0.25) is 0 Å². The third kappa shape index (κ3) is 4.92. The van der Waals surface area contributed by atoms with Gasteiger partial charge in [-0.1, -0.05) is 25.5 Å². The van der Waals surface area contributed by atoms with Crippen LogP contribution in [0.3, 0.4) is 0 Å². The molecule has 1 aromatic heterocycles. The second-order valence-electron chi connectivity index (χ2n) is 7.71.